The maximum Gasteiger partial charge on any atom is 0.229 e. The summed E-state index contributed by atoms with van der Waals surface area (Å²) >= 11 is 6.29. The third-order valence-electron chi connectivity index (χ3n) is 5.41. The first-order valence-electron chi connectivity index (χ1n) is 10.1. The molecule has 0 aliphatic heterocycles. The van der Waals surface area contributed by atoms with E-state index in [1.807, 2.05) is 49.4 Å². The van der Waals surface area contributed by atoms with Crippen molar-refractivity contribution in [3.63, 3.8) is 0 Å². The normalized spacial score (nSPS) is 14.7. The number of aromatic nitrogens is 2. The number of anilines is 4. The summed E-state index contributed by atoms with van der Waals surface area (Å²) in [5.74, 6) is 1.73. The van der Waals surface area contributed by atoms with Gasteiger partial charge in [-0.15, -0.1) is 0 Å². The van der Waals surface area contributed by atoms with Crippen molar-refractivity contribution in [3.8, 4) is 5.75 Å². The number of carbonyl (C=O) groups is 1. The number of hydrogen-bond acceptors (Lipinski definition) is 6. The molecular weight excluding hydrogens is 412 g/mol. The Morgan fingerprint density at radius 2 is 1.77 bits per heavy atom. The molecule has 2 aromatic carbocycles. The summed E-state index contributed by atoms with van der Waals surface area (Å²) in [5.41, 5.74) is 3.67. The highest BCUT2D eigenvalue weighted by atomic mass is 35.5. The van der Waals surface area contributed by atoms with Crippen molar-refractivity contribution in [3.05, 3.63) is 64.3 Å². The van der Waals surface area contributed by atoms with Crippen molar-refractivity contribution < 1.29 is 9.53 Å². The lowest BCUT2D eigenvalue weighted by atomic mass is 9.75. The molecule has 0 unspecified atom stereocenters. The molecule has 0 bridgehead atoms. The van der Waals surface area contributed by atoms with Crippen LogP contribution in [-0.2, 0) is 6.42 Å². The summed E-state index contributed by atoms with van der Waals surface area (Å²) in [6, 6.07) is 13.1. The van der Waals surface area contributed by atoms with E-state index in [-0.39, 0.29) is 11.2 Å². The number of ether oxygens (including phenoxy) is 1. The molecule has 0 atom stereocenters. The quantitative estimate of drug-likeness (QED) is 0.504. The first-order valence-corrected chi connectivity index (χ1v) is 10.5. The molecule has 2 N–H and O–H groups in total. The van der Waals surface area contributed by atoms with Crippen LogP contribution in [0, 0.1) is 12.3 Å². The molecule has 160 valence electrons. The highest BCUT2D eigenvalue weighted by Crippen LogP contribution is 2.38. The monoisotopic (exact) mass is 436 g/mol. The number of methoxy groups -OCH3 is 1. The van der Waals surface area contributed by atoms with Gasteiger partial charge in [0.1, 0.15) is 11.6 Å². The number of carbonyl (C=O) groups excluding carboxylic acids is 1. The van der Waals surface area contributed by atoms with Crippen LogP contribution in [0.3, 0.4) is 0 Å². The van der Waals surface area contributed by atoms with Gasteiger partial charge in [0.2, 0.25) is 5.95 Å². The van der Waals surface area contributed by atoms with Crippen LogP contribution in [0.4, 0.5) is 23.1 Å². The number of nitrogens with zero attached hydrogens (tertiary/aromatic N) is 2. The van der Waals surface area contributed by atoms with E-state index < -0.39 is 0 Å². The summed E-state index contributed by atoms with van der Waals surface area (Å²) < 4.78 is 5.22. The van der Waals surface area contributed by atoms with E-state index >= 15 is 0 Å². The van der Waals surface area contributed by atoms with Crippen LogP contribution < -0.4 is 15.4 Å². The molecule has 1 aliphatic carbocycles. The molecule has 3 aromatic rings. The van der Waals surface area contributed by atoms with Gasteiger partial charge in [0.25, 0.3) is 0 Å². The van der Waals surface area contributed by atoms with Crippen LogP contribution in [-0.4, -0.2) is 22.9 Å². The second-order valence-electron chi connectivity index (χ2n) is 8.55. The van der Waals surface area contributed by atoms with Crippen LogP contribution in [0.5, 0.6) is 5.75 Å². The van der Waals surface area contributed by atoms with Crippen LogP contribution >= 0.6 is 11.6 Å². The van der Waals surface area contributed by atoms with Crippen LogP contribution in [0.1, 0.15) is 41.9 Å². The second-order valence-corrected chi connectivity index (χ2v) is 8.96. The summed E-state index contributed by atoms with van der Waals surface area (Å²) in [6.45, 7) is 6.10. The van der Waals surface area contributed by atoms with Gasteiger partial charge in [0, 0.05) is 22.8 Å². The summed E-state index contributed by atoms with van der Waals surface area (Å²) in [5, 5.41) is 7.22. The van der Waals surface area contributed by atoms with Gasteiger partial charge in [-0.05, 0) is 60.7 Å². The molecule has 1 aliphatic rings. The number of halogens is 1. The first-order chi connectivity index (χ1) is 14.8. The second kappa shape index (κ2) is 8.19. The lowest BCUT2D eigenvalue weighted by Gasteiger charge is -2.30. The number of ketones is 1. The molecule has 7 heteroatoms. The van der Waals surface area contributed by atoms with Crippen molar-refractivity contribution in [1.29, 1.82) is 0 Å². The fourth-order valence-electron chi connectivity index (χ4n) is 3.79. The van der Waals surface area contributed by atoms with E-state index in [1.54, 1.807) is 7.11 Å². The highest BCUT2D eigenvalue weighted by Gasteiger charge is 2.35. The topological polar surface area (TPSA) is 76.1 Å². The number of rotatable bonds is 5. The zero-order chi connectivity index (χ0) is 22.2. The van der Waals surface area contributed by atoms with Gasteiger partial charge in [0.05, 0.1) is 18.4 Å². The lowest BCUT2D eigenvalue weighted by Crippen LogP contribution is -2.29. The Morgan fingerprint density at radius 1 is 1.03 bits per heavy atom. The van der Waals surface area contributed by atoms with Gasteiger partial charge >= 0.3 is 0 Å². The molecule has 0 saturated heterocycles. The minimum absolute atomic E-state index is 0.0458. The summed E-state index contributed by atoms with van der Waals surface area (Å²) in [7, 11) is 1.63. The molecule has 0 radical (unpaired) electrons. The molecule has 6 nitrogen and oxygen atoms in total. The predicted molar refractivity (Wildman–Crippen MR) is 124 cm³/mol. The fraction of sp³-hybridized carbons (Fsp3) is 0.292. The van der Waals surface area contributed by atoms with E-state index in [0.717, 1.165) is 28.4 Å². The zero-order valence-electron chi connectivity index (χ0n) is 18.0. The van der Waals surface area contributed by atoms with Gasteiger partial charge < -0.3 is 15.4 Å². The third kappa shape index (κ3) is 4.49. The average molecular weight is 437 g/mol. The molecule has 0 amide bonds. The largest absolute Gasteiger partial charge is 0.497 e. The van der Waals surface area contributed by atoms with E-state index in [0.29, 0.717) is 35.2 Å². The van der Waals surface area contributed by atoms with Crippen LogP contribution in [0.15, 0.2) is 42.5 Å². The van der Waals surface area contributed by atoms with Crippen LogP contribution in [0.2, 0.25) is 5.02 Å². The Morgan fingerprint density at radius 3 is 2.48 bits per heavy atom. The number of benzene rings is 2. The molecule has 1 aromatic heterocycles. The van der Waals surface area contributed by atoms with Crippen molar-refractivity contribution in [2.24, 2.45) is 5.41 Å². The standard InChI is InChI=1S/C24H25ClN4O2/c1-14-17(25)6-5-7-18(14)27-22-21-19(12-24(2,3)13-20(21)30)28-23(29-22)26-15-8-10-16(31-4)11-9-15/h5-11H,12-13H2,1-4H3,(H2,26,27,28,29). The van der Waals surface area contributed by atoms with Crippen molar-refractivity contribution in [2.45, 2.75) is 33.6 Å². The van der Waals surface area contributed by atoms with Gasteiger partial charge in [-0.25, -0.2) is 4.98 Å². The molecule has 0 fully saturated rings. The van der Waals surface area contributed by atoms with E-state index in [9.17, 15) is 4.79 Å². The summed E-state index contributed by atoms with van der Waals surface area (Å²) in [6.07, 6.45) is 1.15. The van der Waals surface area contributed by atoms with Gasteiger partial charge in [-0.2, -0.15) is 4.98 Å². The predicted octanol–water partition coefficient (Wildman–Crippen LogP) is 6.09. The van der Waals surface area contributed by atoms with E-state index in [4.69, 9.17) is 21.3 Å². The molecule has 4 rings (SSSR count). The van der Waals surface area contributed by atoms with E-state index in [1.165, 1.54) is 0 Å². The average Bonchev–Trinajstić information content (AvgIpc) is 2.70. The van der Waals surface area contributed by atoms with Crippen molar-refractivity contribution in [2.75, 3.05) is 17.7 Å². The maximum absolute atomic E-state index is 13.0. The minimum Gasteiger partial charge on any atom is -0.497 e. The number of fused-ring (bicyclic) bond motifs is 1. The molecule has 31 heavy (non-hydrogen) atoms. The Balaban J connectivity index is 1.77. The molecular formula is C24H25ClN4O2. The minimum atomic E-state index is -0.154. The fourth-order valence-corrected chi connectivity index (χ4v) is 3.96. The van der Waals surface area contributed by atoms with Crippen molar-refractivity contribution >= 4 is 40.5 Å². The number of nitrogens with one attached hydrogen (secondary N) is 2. The zero-order valence-corrected chi connectivity index (χ0v) is 18.8. The van der Waals surface area contributed by atoms with Gasteiger partial charge in [-0.1, -0.05) is 31.5 Å². The molecule has 0 spiro atoms. The third-order valence-corrected chi connectivity index (χ3v) is 5.82. The smallest absolute Gasteiger partial charge is 0.229 e. The molecule has 0 saturated carbocycles. The SMILES string of the molecule is COc1ccc(Nc2nc3c(c(Nc4cccc(Cl)c4C)n2)C(=O)CC(C)(C)C3)cc1. The number of hydrogen-bond donors (Lipinski definition) is 2. The molecule has 1 heterocycles. The Bertz CT molecular complexity index is 1140. The van der Waals surface area contributed by atoms with Crippen molar-refractivity contribution in [1.82, 2.24) is 9.97 Å². The number of Topliss-reactive ketones (excluding diaryl/α,β-unsaturated/α-hetero) is 1. The first kappa shape index (κ1) is 21.1. The Kier molecular flexibility index (Phi) is 5.58. The Hall–Kier alpha value is -3.12. The van der Waals surface area contributed by atoms with E-state index in [2.05, 4.69) is 29.5 Å². The van der Waals surface area contributed by atoms with Gasteiger partial charge in [0.15, 0.2) is 5.78 Å². The highest BCUT2D eigenvalue weighted by molar-refractivity contribution is 6.31. The summed E-state index contributed by atoms with van der Waals surface area (Å²) in [4.78, 5) is 22.4. The van der Waals surface area contributed by atoms with Crippen LogP contribution in [0.25, 0.3) is 0 Å². The Labute approximate surface area is 187 Å². The van der Waals surface area contributed by atoms with Gasteiger partial charge in [-0.3, -0.25) is 4.79 Å². The lowest BCUT2D eigenvalue weighted by molar-refractivity contribution is 0.0911. The maximum atomic E-state index is 13.0.